The molecule has 7 heteroatoms. The first-order valence-corrected chi connectivity index (χ1v) is 8.54. The molecule has 0 bridgehead atoms. The normalized spacial score (nSPS) is 20.4. The first kappa shape index (κ1) is 17.2. The second-order valence-corrected chi connectivity index (χ2v) is 7.68. The van der Waals surface area contributed by atoms with Gasteiger partial charge in [0.05, 0.1) is 17.8 Å². The van der Waals surface area contributed by atoms with Crippen LogP contribution in [-0.2, 0) is 0 Å². The first-order valence-electron chi connectivity index (χ1n) is 8.16. The molecule has 24 heavy (non-hydrogen) atoms. The monoisotopic (exact) mass is 353 g/mol. The summed E-state index contributed by atoms with van der Waals surface area (Å²) in [7, 11) is 1.49. The lowest BCUT2D eigenvalue weighted by Gasteiger charge is -2.46. The average molecular weight is 354 g/mol. The predicted molar refractivity (Wildman–Crippen MR) is 94.2 cm³/mol. The molecule has 0 saturated carbocycles. The third-order valence-electron chi connectivity index (χ3n) is 4.62. The van der Waals surface area contributed by atoms with Gasteiger partial charge in [-0.15, -0.1) is 0 Å². The summed E-state index contributed by atoms with van der Waals surface area (Å²) in [6, 6.07) is 2.93. The first-order chi connectivity index (χ1) is 11.3. The molecule has 2 aliphatic rings. The summed E-state index contributed by atoms with van der Waals surface area (Å²) in [6.07, 6.45) is 0. The van der Waals surface area contributed by atoms with Crippen LogP contribution < -0.4 is 9.64 Å². The summed E-state index contributed by atoms with van der Waals surface area (Å²) in [6.45, 7) is 9.44. The number of phenolic OH excluding ortho intramolecular Hbond substituents is 1. The van der Waals surface area contributed by atoms with E-state index in [0.29, 0.717) is 41.5 Å². The van der Waals surface area contributed by atoms with E-state index < -0.39 is 0 Å². The van der Waals surface area contributed by atoms with E-state index in [9.17, 15) is 9.90 Å². The van der Waals surface area contributed by atoms with E-state index in [1.807, 2.05) is 4.90 Å². The van der Waals surface area contributed by atoms with Crippen LogP contribution in [0.4, 0.5) is 10.5 Å². The van der Waals surface area contributed by atoms with E-state index in [2.05, 4.69) is 18.7 Å². The van der Waals surface area contributed by atoms with Gasteiger partial charge in [0.25, 0.3) is 0 Å². The maximum absolute atomic E-state index is 12.6. The predicted octanol–water partition coefficient (Wildman–Crippen LogP) is 2.64. The van der Waals surface area contributed by atoms with E-state index in [1.165, 1.54) is 13.2 Å². The van der Waals surface area contributed by atoms with Crippen molar-refractivity contribution in [3.8, 4) is 11.5 Å². The van der Waals surface area contributed by atoms with Crippen LogP contribution in [0.25, 0.3) is 0 Å². The number of urea groups is 1. The van der Waals surface area contributed by atoms with Crippen LogP contribution in [0.2, 0.25) is 5.02 Å². The standard InChI is InChI=1S/C17H24ClN3O3/c1-17(2)10-19(11-17)4-5-20-6-7-21(16(20)23)13-8-12(18)15(24-3)9-14(13)22/h8-9,22H,4-7,10-11H2,1-3H3. The molecule has 3 rings (SSSR count). The fourth-order valence-electron chi connectivity index (χ4n) is 3.50. The Labute approximate surface area is 147 Å². The highest BCUT2D eigenvalue weighted by Crippen LogP contribution is 2.38. The van der Waals surface area contributed by atoms with Crippen molar-refractivity contribution in [1.82, 2.24) is 9.80 Å². The molecule has 2 heterocycles. The third kappa shape index (κ3) is 3.26. The molecule has 0 radical (unpaired) electrons. The highest BCUT2D eigenvalue weighted by Gasteiger charge is 2.36. The van der Waals surface area contributed by atoms with Gasteiger partial charge in [-0.2, -0.15) is 0 Å². The van der Waals surface area contributed by atoms with Crippen molar-refractivity contribution in [2.24, 2.45) is 5.41 Å². The third-order valence-corrected chi connectivity index (χ3v) is 4.92. The summed E-state index contributed by atoms with van der Waals surface area (Å²) >= 11 is 6.13. The molecule has 2 aliphatic heterocycles. The van der Waals surface area contributed by atoms with Crippen LogP contribution in [0.15, 0.2) is 12.1 Å². The van der Waals surface area contributed by atoms with Crippen molar-refractivity contribution in [3.63, 3.8) is 0 Å². The van der Waals surface area contributed by atoms with E-state index in [-0.39, 0.29) is 11.8 Å². The van der Waals surface area contributed by atoms with Crippen molar-refractivity contribution in [3.05, 3.63) is 17.2 Å². The number of carbonyl (C=O) groups excluding carboxylic acids is 1. The summed E-state index contributed by atoms with van der Waals surface area (Å²) in [5.74, 6) is 0.387. The molecular formula is C17H24ClN3O3. The lowest BCUT2D eigenvalue weighted by molar-refractivity contribution is 0.0273. The molecule has 0 aromatic heterocycles. The van der Waals surface area contributed by atoms with Gasteiger partial charge in [-0.25, -0.2) is 4.79 Å². The number of carbonyl (C=O) groups is 1. The Kier molecular flexibility index (Phi) is 4.53. The number of hydrogen-bond donors (Lipinski definition) is 1. The van der Waals surface area contributed by atoms with Gasteiger partial charge in [-0.1, -0.05) is 25.4 Å². The van der Waals surface area contributed by atoms with Gasteiger partial charge in [-0.3, -0.25) is 4.90 Å². The zero-order valence-electron chi connectivity index (χ0n) is 14.4. The number of nitrogens with zero attached hydrogens (tertiary/aromatic N) is 3. The summed E-state index contributed by atoms with van der Waals surface area (Å²) in [4.78, 5) is 18.4. The van der Waals surface area contributed by atoms with Crippen molar-refractivity contribution in [1.29, 1.82) is 0 Å². The Bertz CT molecular complexity index is 642. The molecular weight excluding hydrogens is 330 g/mol. The Hall–Kier alpha value is -1.66. The van der Waals surface area contributed by atoms with Crippen LogP contribution in [0, 0.1) is 5.41 Å². The van der Waals surface area contributed by atoms with Gasteiger partial charge in [0, 0.05) is 45.3 Å². The fraction of sp³-hybridized carbons (Fsp3) is 0.588. The second-order valence-electron chi connectivity index (χ2n) is 7.27. The van der Waals surface area contributed by atoms with E-state index in [0.717, 1.165) is 19.6 Å². The molecule has 132 valence electrons. The second kappa shape index (κ2) is 6.33. The van der Waals surface area contributed by atoms with Crippen molar-refractivity contribution < 1.29 is 14.6 Å². The summed E-state index contributed by atoms with van der Waals surface area (Å²) in [5, 5.41) is 10.5. The molecule has 0 unspecified atom stereocenters. The Morgan fingerprint density at radius 1 is 1.25 bits per heavy atom. The minimum Gasteiger partial charge on any atom is -0.506 e. The molecule has 6 nitrogen and oxygen atoms in total. The smallest absolute Gasteiger partial charge is 0.324 e. The van der Waals surface area contributed by atoms with Crippen LogP contribution in [0.3, 0.4) is 0 Å². The molecule has 2 amide bonds. The number of benzene rings is 1. The van der Waals surface area contributed by atoms with Gasteiger partial charge >= 0.3 is 6.03 Å². The zero-order chi connectivity index (χ0) is 17.5. The Morgan fingerprint density at radius 2 is 1.96 bits per heavy atom. The largest absolute Gasteiger partial charge is 0.506 e. The summed E-state index contributed by atoms with van der Waals surface area (Å²) in [5.41, 5.74) is 0.825. The number of anilines is 1. The molecule has 1 aromatic rings. The molecule has 0 spiro atoms. The molecule has 1 aromatic carbocycles. The highest BCUT2D eigenvalue weighted by molar-refractivity contribution is 6.32. The zero-order valence-corrected chi connectivity index (χ0v) is 15.1. The molecule has 1 N–H and O–H groups in total. The lowest BCUT2D eigenvalue weighted by Crippen LogP contribution is -2.54. The van der Waals surface area contributed by atoms with E-state index >= 15 is 0 Å². The van der Waals surface area contributed by atoms with Crippen molar-refractivity contribution in [2.75, 3.05) is 51.3 Å². The number of rotatable bonds is 5. The minimum absolute atomic E-state index is 0.00376. The van der Waals surface area contributed by atoms with Gasteiger partial charge in [-0.05, 0) is 11.5 Å². The number of hydrogen-bond acceptors (Lipinski definition) is 4. The highest BCUT2D eigenvalue weighted by atomic mass is 35.5. The van der Waals surface area contributed by atoms with Gasteiger partial charge in [0.1, 0.15) is 11.5 Å². The lowest BCUT2D eigenvalue weighted by atomic mass is 9.84. The quantitative estimate of drug-likeness (QED) is 0.884. The van der Waals surface area contributed by atoms with Crippen LogP contribution in [-0.4, -0.2) is 67.3 Å². The summed E-state index contributed by atoms with van der Waals surface area (Å²) < 4.78 is 5.08. The van der Waals surface area contributed by atoms with Crippen LogP contribution >= 0.6 is 11.6 Å². The van der Waals surface area contributed by atoms with Gasteiger partial charge < -0.3 is 19.6 Å². The van der Waals surface area contributed by atoms with E-state index in [1.54, 1.807) is 11.0 Å². The maximum Gasteiger partial charge on any atom is 0.324 e. The number of likely N-dealkylation sites (tertiary alicyclic amines) is 1. The number of ether oxygens (including phenoxy) is 1. The van der Waals surface area contributed by atoms with E-state index in [4.69, 9.17) is 16.3 Å². The van der Waals surface area contributed by atoms with Crippen molar-refractivity contribution in [2.45, 2.75) is 13.8 Å². The Balaban J connectivity index is 1.63. The topological polar surface area (TPSA) is 56.3 Å². The van der Waals surface area contributed by atoms with Crippen molar-refractivity contribution >= 4 is 23.3 Å². The fourth-order valence-corrected chi connectivity index (χ4v) is 3.74. The van der Waals surface area contributed by atoms with Crippen LogP contribution in [0.5, 0.6) is 11.5 Å². The number of methoxy groups -OCH3 is 1. The SMILES string of the molecule is COc1cc(O)c(N2CCN(CCN3CC(C)(C)C3)C2=O)cc1Cl. The molecule has 2 fully saturated rings. The van der Waals surface area contributed by atoms with Gasteiger partial charge in [0.15, 0.2) is 0 Å². The molecule has 0 aliphatic carbocycles. The number of amides is 2. The Morgan fingerprint density at radius 3 is 2.58 bits per heavy atom. The number of phenols is 1. The number of aromatic hydroxyl groups is 1. The minimum atomic E-state index is -0.0914. The average Bonchev–Trinajstić information content (AvgIpc) is 2.85. The maximum atomic E-state index is 12.6. The van der Waals surface area contributed by atoms with Gasteiger partial charge in [0.2, 0.25) is 0 Å². The van der Waals surface area contributed by atoms with Crippen LogP contribution in [0.1, 0.15) is 13.8 Å². The molecule has 0 atom stereocenters. The number of halogens is 1. The molecule has 2 saturated heterocycles.